The van der Waals surface area contributed by atoms with Gasteiger partial charge in [-0.1, -0.05) is 5.92 Å². The number of carbonyl (C=O) groups excluding carboxylic acids is 1. The van der Waals surface area contributed by atoms with Crippen molar-refractivity contribution < 1.29 is 14.7 Å². The van der Waals surface area contributed by atoms with Crippen molar-refractivity contribution >= 4 is 17.7 Å². The summed E-state index contributed by atoms with van der Waals surface area (Å²) < 4.78 is 0. The third-order valence-corrected chi connectivity index (χ3v) is 2.75. The molecule has 1 unspecified atom stereocenters. The number of carbonyl (C=O) groups is 2. The summed E-state index contributed by atoms with van der Waals surface area (Å²) in [6.07, 6.45) is 5.15. The second-order valence-corrected chi connectivity index (χ2v) is 4.26. The number of hydrogen-bond acceptors (Lipinski definition) is 2. The number of anilines is 1. The van der Waals surface area contributed by atoms with E-state index in [0.29, 0.717) is 11.3 Å². The number of urea groups is 1. The standard InChI is InChI=1S/C14H16N2O3/c1-5-9(3)15-14(19)16-11-6-8(2)10(4)12(7-11)13(17)18/h1,6-7,9H,2-4H3,(H,17,18)(H2,15,16,19). The van der Waals surface area contributed by atoms with E-state index in [0.717, 1.165) is 5.56 Å². The van der Waals surface area contributed by atoms with Gasteiger partial charge in [-0.3, -0.25) is 0 Å². The highest BCUT2D eigenvalue weighted by atomic mass is 16.4. The van der Waals surface area contributed by atoms with Crippen LogP contribution in [0.4, 0.5) is 10.5 Å². The van der Waals surface area contributed by atoms with Gasteiger partial charge in [0.1, 0.15) is 0 Å². The topological polar surface area (TPSA) is 78.4 Å². The van der Waals surface area contributed by atoms with Crippen molar-refractivity contribution in [2.24, 2.45) is 0 Å². The fourth-order valence-electron chi connectivity index (χ4n) is 1.56. The molecule has 0 fully saturated rings. The van der Waals surface area contributed by atoms with Crippen molar-refractivity contribution in [2.75, 3.05) is 5.32 Å². The minimum absolute atomic E-state index is 0.167. The van der Waals surface area contributed by atoms with Crippen LogP contribution in [0.5, 0.6) is 0 Å². The highest BCUT2D eigenvalue weighted by Crippen LogP contribution is 2.20. The molecule has 100 valence electrons. The Balaban J connectivity index is 2.94. The fraction of sp³-hybridized carbons (Fsp3) is 0.286. The van der Waals surface area contributed by atoms with Gasteiger partial charge in [-0.05, 0) is 44.0 Å². The van der Waals surface area contributed by atoms with Gasteiger partial charge in [-0.25, -0.2) is 9.59 Å². The Bertz CT molecular complexity index is 559. The van der Waals surface area contributed by atoms with E-state index in [2.05, 4.69) is 16.6 Å². The van der Waals surface area contributed by atoms with E-state index in [1.807, 2.05) is 0 Å². The van der Waals surface area contributed by atoms with E-state index in [9.17, 15) is 9.59 Å². The zero-order valence-corrected chi connectivity index (χ0v) is 11.1. The molecule has 0 aromatic heterocycles. The van der Waals surface area contributed by atoms with Crippen LogP contribution in [0.2, 0.25) is 0 Å². The molecule has 0 spiro atoms. The molecule has 0 saturated heterocycles. The van der Waals surface area contributed by atoms with Gasteiger partial charge >= 0.3 is 12.0 Å². The van der Waals surface area contributed by atoms with Gasteiger partial charge in [-0.2, -0.15) is 0 Å². The van der Waals surface area contributed by atoms with Gasteiger partial charge < -0.3 is 15.7 Å². The van der Waals surface area contributed by atoms with Gasteiger partial charge in [0.15, 0.2) is 0 Å². The number of amides is 2. The zero-order chi connectivity index (χ0) is 14.6. The van der Waals surface area contributed by atoms with Crippen molar-refractivity contribution in [1.82, 2.24) is 5.32 Å². The Morgan fingerprint density at radius 2 is 2.00 bits per heavy atom. The fourth-order valence-corrected chi connectivity index (χ4v) is 1.56. The van der Waals surface area contributed by atoms with E-state index in [1.54, 1.807) is 26.8 Å². The van der Waals surface area contributed by atoms with E-state index >= 15 is 0 Å². The SMILES string of the molecule is C#CC(C)NC(=O)Nc1cc(C)c(C)c(C(=O)O)c1. The predicted octanol–water partition coefficient (Wildman–Crippen LogP) is 2.14. The normalized spacial score (nSPS) is 11.3. The Morgan fingerprint density at radius 1 is 1.37 bits per heavy atom. The second kappa shape index (κ2) is 5.91. The number of hydrogen-bond donors (Lipinski definition) is 3. The molecule has 5 heteroatoms. The van der Waals surface area contributed by atoms with Crippen LogP contribution < -0.4 is 10.6 Å². The van der Waals surface area contributed by atoms with Crippen molar-refractivity contribution in [3.8, 4) is 12.3 Å². The van der Waals surface area contributed by atoms with Gasteiger partial charge in [0.2, 0.25) is 0 Å². The summed E-state index contributed by atoms with van der Waals surface area (Å²) in [5, 5.41) is 14.2. The summed E-state index contributed by atoms with van der Waals surface area (Å²) in [4.78, 5) is 22.7. The van der Waals surface area contributed by atoms with E-state index in [1.165, 1.54) is 6.07 Å². The average molecular weight is 260 g/mol. The van der Waals surface area contributed by atoms with E-state index in [4.69, 9.17) is 11.5 Å². The third kappa shape index (κ3) is 3.75. The lowest BCUT2D eigenvalue weighted by atomic mass is 10.0. The largest absolute Gasteiger partial charge is 0.478 e. The summed E-state index contributed by atoms with van der Waals surface area (Å²) in [5.74, 6) is 1.34. The van der Waals surface area contributed by atoms with Crippen molar-refractivity contribution in [3.05, 3.63) is 28.8 Å². The first-order valence-corrected chi connectivity index (χ1v) is 5.73. The van der Waals surface area contributed by atoms with Crippen LogP contribution in [0.25, 0.3) is 0 Å². The number of terminal acetylenes is 1. The molecule has 1 aromatic rings. The van der Waals surface area contributed by atoms with Crippen LogP contribution in [0, 0.1) is 26.2 Å². The van der Waals surface area contributed by atoms with E-state index < -0.39 is 18.0 Å². The summed E-state index contributed by atoms with van der Waals surface area (Å²) in [5.41, 5.74) is 2.05. The second-order valence-electron chi connectivity index (χ2n) is 4.26. The van der Waals surface area contributed by atoms with Crippen LogP contribution >= 0.6 is 0 Å². The molecule has 0 heterocycles. The molecule has 5 nitrogen and oxygen atoms in total. The molecule has 3 N–H and O–H groups in total. The predicted molar refractivity (Wildman–Crippen MR) is 73.3 cm³/mol. The number of benzene rings is 1. The summed E-state index contributed by atoms with van der Waals surface area (Å²) in [7, 11) is 0. The Labute approximate surface area is 112 Å². The lowest BCUT2D eigenvalue weighted by molar-refractivity contribution is 0.0696. The van der Waals surface area contributed by atoms with Crippen molar-refractivity contribution in [3.63, 3.8) is 0 Å². The molecule has 0 aliphatic heterocycles. The lowest BCUT2D eigenvalue weighted by Gasteiger charge is -2.12. The average Bonchev–Trinajstić information content (AvgIpc) is 2.32. The smallest absolute Gasteiger partial charge is 0.336 e. The number of carboxylic acids is 1. The monoisotopic (exact) mass is 260 g/mol. The quantitative estimate of drug-likeness (QED) is 0.728. The highest BCUT2D eigenvalue weighted by molar-refractivity contribution is 5.94. The Hall–Kier alpha value is -2.48. The number of aromatic carboxylic acids is 1. The van der Waals surface area contributed by atoms with E-state index in [-0.39, 0.29) is 5.56 Å². The van der Waals surface area contributed by atoms with Gasteiger partial charge in [-0.15, -0.1) is 6.42 Å². The number of aryl methyl sites for hydroxylation is 1. The molecule has 0 bridgehead atoms. The molecule has 2 amide bonds. The molecular formula is C14H16N2O3. The summed E-state index contributed by atoms with van der Waals surface area (Å²) in [6, 6.07) is 2.27. The zero-order valence-electron chi connectivity index (χ0n) is 11.1. The maximum atomic E-state index is 11.6. The van der Waals surface area contributed by atoms with Crippen LogP contribution in [-0.2, 0) is 0 Å². The molecule has 0 radical (unpaired) electrons. The molecule has 1 rings (SSSR count). The van der Waals surface area contributed by atoms with Gasteiger partial charge in [0.25, 0.3) is 0 Å². The van der Waals surface area contributed by atoms with Crippen molar-refractivity contribution in [1.29, 1.82) is 0 Å². The Morgan fingerprint density at radius 3 is 2.53 bits per heavy atom. The first-order valence-electron chi connectivity index (χ1n) is 5.73. The molecule has 19 heavy (non-hydrogen) atoms. The minimum atomic E-state index is -1.03. The number of carboxylic acid groups (broad SMARTS) is 1. The molecule has 1 aromatic carbocycles. The first kappa shape index (κ1) is 14.6. The summed E-state index contributed by atoms with van der Waals surface area (Å²) >= 11 is 0. The van der Waals surface area contributed by atoms with Crippen LogP contribution in [0.15, 0.2) is 12.1 Å². The van der Waals surface area contributed by atoms with Gasteiger partial charge in [0.05, 0.1) is 11.6 Å². The molecule has 0 aliphatic rings. The van der Waals surface area contributed by atoms with Gasteiger partial charge in [0, 0.05) is 5.69 Å². The summed E-state index contributed by atoms with van der Waals surface area (Å²) in [6.45, 7) is 5.18. The lowest BCUT2D eigenvalue weighted by Crippen LogP contribution is -2.35. The van der Waals surface area contributed by atoms with Crippen molar-refractivity contribution in [2.45, 2.75) is 26.8 Å². The Kier molecular flexibility index (Phi) is 4.54. The van der Waals surface area contributed by atoms with Crippen LogP contribution in [0.1, 0.15) is 28.4 Å². The minimum Gasteiger partial charge on any atom is -0.478 e. The number of nitrogens with one attached hydrogen (secondary N) is 2. The van der Waals surface area contributed by atoms with Crippen LogP contribution in [0.3, 0.4) is 0 Å². The maximum Gasteiger partial charge on any atom is 0.336 e. The maximum absolute atomic E-state index is 11.6. The van der Waals surface area contributed by atoms with Crippen LogP contribution in [-0.4, -0.2) is 23.1 Å². The molecule has 0 aliphatic carbocycles. The third-order valence-electron chi connectivity index (χ3n) is 2.75. The first-order chi connectivity index (χ1) is 8.85. The molecule has 0 saturated carbocycles. The number of rotatable bonds is 3. The highest BCUT2D eigenvalue weighted by Gasteiger charge is 2.12. The molecule has 1 atom stereocenters. The molecular weight excluding hydrogens is 244 g/mol.